The van der Waals surface area contributed by atoms with Crippen molar-refractivity contribution in [2.75, 3.05) is 11.5 Å². The number of carbonyl (C=O) groups is 2. The number of hydrogen-bond acceptors (Lipinski definition) is 5. The summed E-state index contributed by atoms with van der Waals surface area (Å²) in [6, 6.07) is 7.56. The highest BCUT2D eigenvalue weighted by Crippen LogP contribution is 2.30. The summed E-state index contributed by atoms with van der Waals surface area (Å²) < 4.78 is 46.2. The van der Waals surface area contributed by atoms with Crippen molar-refractivity contribution in [3.05, 3.63) is 58.4 Å². The molecule has 0 saturated carbocycles. The molecule has 1 amide bonds. The Morgan fingerprint density at radius 1 is 1.10 bits per heavy atom. The number of amides is 1. The zero-order valence-corrected chi connectivity index (χ0v) is 17.2. The number of halogens is 3. The molecule has 1 aromatic heterocycles. The minimum Gasteiger partial charge on any atom is -0.466 e. The lowest BCUT2D eigenvalue weighted by Crippen LogP contribution is -2.30. The first-order valence-corrected chi connectivity index (χ1v) is 10.1. The van der Waals surface area contributed by atoms with E-state index in [0.29, 0.717) is 11.8 Å². The van der Waals surface area contributed by atoms with Gasteiger partial charge in [0.25, 0.3) is 0 Å². The second-order valence-corrected chi connectivity index (χ2v) is 7.64. The van der Waals surface area contributed by atoms with Crippen molar-refractivity contribution in [2.24, 2.45) is 0 Å². The number of aryl methyl sites for hydroxylation is 1. The highest BCUT2D eigenvalue weighted by atomic mass is 32.1. The molecular weight excluding hydrogens is 417 g/mol. The van der Waals surface area contributed by atoms with E-state index >= 15 is 0 Å². The van der Waals surface area contributed by atoms with E-state index in [1.807, 2.05) is 19.1 Å². The molecule has 0 radical (unpaired) electrons. The van der Waals surface area contributed by atoms with Crippen molar-refractivity contribution in [1.82, 2.24) is 4.98 Å². The van der Waals surface area contributed by atoms with Crippen LogP contribution in [-0.4, -0.2) is 23.5 Å². The Balaban J connectivity index is 1.90. The number of anilines is 1. The summed E-state index contributed by atoms with van der Waals surface area (Å²) in [4.78, 5) is 29.8. The van der Waals surface area contributed by atoms with Gasteiger partial charge < -0.3 is 9.64 Å². The first-order chi connectivity index (χ1) is 14.3. The van der Waals surface area contributed by atoms with Crippen LogP contribution in [0.25, 0.3) is 10.2 Å². The smallest absolute Gasteiger partial charge is 0.306 e. The molecule has 9 heteroatoms. The zero-order valence-electron chi connectivity index (χ0n) is 16.4. The minimum absolute atomic E-state index is 0.0788. The van der Waals surface area contributed by atoms with Gasteiger partial charge >= 0.3 is 5.97 Å². The van der Waals surface area contributed by atoms with E-state index in [1.165, 1.54) is 4.90 Å². The lowest BCUT2D eigenvalue weighted by atomic mass is 10.2. The summed E-state index contributed by atoms with van der Waals surface area (Å²) in [7, 11) is 0. The average molecular weight is 436 g/mol. The Hall–Kier alpha value is -2.94. The van der Waals surface area contributed by atoms with Gasteiger partial charge in [0, 0.05) is 18.2 Å². The van der Waals surface area contributed by atoms with E-state index in [-0.39, 0.29) is 41.6 Å². The van der Waals surface area contributed by atoms with Gasteiger partial charge in [-0.2, -0.15) is 0 Å². The lowest BCUT2D eigenvalue weighted by molar-refractivity contribution is -0.144. The number of thiazole rings is 1. The molecule has 158 valence electrons. The van der Waals surface area contributed by atoms with Crippen LogP contribution in [0.3, 0.4) is 0 Å². The van der Waals surface area contributed by atoms with Gasteiger partial charge in [0.2, 0.25) is 5.91 Å². The molecule has 0 aliphatic rings. The number of benzene rings is 2. The fourth-order valence-electron chi connectivity index (χ4n) is 2.86. The van der Waals surface area contributed by atoms with Gasteiger partial charge in [-0.05, 0) is 26.0 Å². The number of aromatic nitrogens is 1. The van der Waals surface area contributed by atoms with Crippen molar-refractivity contribution >= 4 is 39.1 Å². The number of carbonyl (C=O) groups excluding carboxylic acids is 2. The fraction of sp³-hybridized carbons (Fsp3) is 0.286. The number of hydrogen-bond donors (Lipinski definition) is 0. The average Bonchev–Trinajstić information content (AvgIpc) is 3.14. The van der Waals surface area contributed by atoms with E-state index in [2.05, 4.69) is 4.98 Å². The molecular formula is C21H19F3N2O3S. The SMILES string of the molecule is CCOC(=O)CCC(=O)N(Cc1nc2c(F)c(F)cc(F)c2s1)c1ccc(C)cc1. The first kappa shape index (κ1) is 21.8. The fourth-order valence-corrected chi connectivity index (χ4v) is 3.81. The number of rotatable bonds is 7. The molecule has 0 unspecified atom stereocenters. The van der Waals surface area contributed by atoms with Crippen LogP contribution >= 0.6 is 11.3 Å². The minimum atomic E-state index is -1.32. The summed E-state index contributed by atoms with van der Waals surface area (Å²) in [5.41, 5.74) is 1.12. The van der Waals surface area contributed by atoms with E-state index in [9.17, 15) is 22.8 Å². The second kappa shape index (κ2) is 9.25. The van der Waals surface area contributed by atoms with Crippen molar-refractivity contribution in [3.63, 3.8) is 0 Å². The quantitative estimate of drug-likeness (QED) is 0.391. The van der Waals surface area contributed by atoms with Crippen LogP contribution in [0.15, 0.2) is 30.3 Å². The molecule has 0 N–H and O–H groups in total. The normalized spacial score (nSPS) is 11.0. The molecule has 0 aliphatic carbocycles. The predicted octanol–water partition coefficient (Wildman–Crippen LogP) is 4.90. The van der Waals surface area contributed by atoms with Crippen LogP contribution in [0.5, 0.6) is 0 Å². The third-order valence-electron chi connectivity index (χ3n) is 4.35. The van der Waals surface area contributed by atoms with Crippen molar-refractivity contribution in [2.45, 2.75) is 33.2 Å². The van der Waals surface area contributed by atoms with Crippen LogP contribution in [0.4, 0.5) is 18.9 Å². The largest absolute Gasteiger partial charge is 0.466 e. The number of fused-ring (bicyclic) bond motifs is 1. The molecule has 0 spiro atoms. The molecule has 3 rings (SSSR count). The van der Waals surface area contributed by atoms with Gasteiger partial charge in [0.15, 0.2) is 11.6 Å². The molecule has 1 heterocycles. The highest BCUT2D eigenvalue weighted by Gasteiger charge is 2.22. The molecule has 0 saturated heterocycles. The highest BCUT2D eigenvalue weighted by molar-refractivity contribution is 7.18. The molecule has 30 heavy (non-hydrogen) atoms. The van der Waals surface area contributed by atoms with E-state index in [4.69, 9.17) is 4.74 Å². The lowest BCUT2D eigenvalue weighted by Gasteiger charge is -2.22. The molecule has 0 bridgehead atoms. The zero-order chi connectivity index (χ0) is 21.8. The summed E-state index contributed by atoms with van der Waals surface area (Å²) in [5, 5.41) is 0.235. The summed E-state index contributed by atoms with van der Waals surface area (Å²) >= 11 is 0.845. The number of ether oxygens (including phenoxy) is 1. The van der Waals surface area contributed by atoms with Gasteiger partial charge in [-0.25, -0.2) is 18.2 Å². The van der Waals surface area contributed by atoms with Crippen molar-refractivity contribution in [1.29, 1.82) is 0 Å². The van der Waals surface area contributed by atoms with Crippen molar-refractivity contribution < 1.29 is 27.5 Å². The maximum atomic E-state index is 14.0. The molecule has 0 atom stereocenters. The maximum Gasteiger partial charge on any atom is 0.306 e. The van der Waals surface area contributed by atoms with Gasteiger partial charge in [0.05, 0.1) is 24.3 Å². The third-order valence-corrected chi connectivity index (χ3v) is 5.40. The maximum absolute atomic E-state index is 14.0. The standard InChI is InChI=1S/C21H19F3N2O3S/c1-3-29-18(28)9-8-17(27)26(13-6-4-12(2)5-7-13)11-16-25-20-19(24)14(22)10-15(23)21(20)30-16/h4-7,10H,3,8-9,11H2,1-2H3. The molecule has 2 aromatic carbocycles. The molecule has 3 aromatic rings. The number of nitrogens with zero attached hydrogens (tertiary/aromatic N) is 2. The molecule has 0 aliphatic heterocycles. The molecule has 5 nitrogen and oxygen atoms in total. The van der Waals surface area contributed by atoms with Gasteiger partial charge in [0.1, 0.15) is 16.3 Å². The van der Waals surface area contributed by atoms with Crippen molar-refractivity contribution in [3.8, 4) is 0 Å². The Labute approximate surface area is 175 Å². The van der Waals surface area contributed by atoms with Crippen LogP contribution in [0.2, 0.25) is 0 Å². The van der Waals surface area contributed by atoms with Crippen LogP contribution < -0.4 is 4.90 Å². The Morgan fingerprint density at radius 2 is 1.80 bits per heavy atom. The summed E-state index contributed by atoms with van der Waals surface area (Å²) in [6.45, 7) is 3.70. The Morgan fingerprint density at radius 3 is 2.47 bits per heavy atom. The van der Waals surface area contributed by atoms with Gasteiger partial charge in [-0.3, -0.25) is 9.59 Å². The van der Waals surface area contributed by atoms with E-state index < -0.39 is 28.9 Å². The summed E-state index contributed by atoms with van der Waals surface area (Å²) in [5.74, 6) is -4.34. The predicted molar refractivity (Wildman–Crippen MR) is 108 cm³/mol. The third kappa shape index (κ3) is 4.79. The Bertz CT molecular complexity index is 1080. The van der Waals surface area contributed by atoms with Crippen LogP contribution in [-0.2, 0) is 20.9 Å². The summed E-state index contributed by atoms with van der Waals surface area (Å²) in [6.07, 6.45) is -0.196. The first-order valence-electron chi connectivity index (χ1n) is 9.25. The molecule has 0 fully saturated rings. The van der Waals surface area contributed by atoms with Crippen LogP contribution in [0.1, 0.15) is 30.3 Å². The van der Waals surface area contributed by atoms with Crippen LogP contribution in [0, 0.1) is 24.4 Å². The van der Waals surface area contributed by atoms with E-state index in [0.717, 1.165) is 16.9 Å². The monoisotopic (exact) mass is 436 g/mol. The second-order valence-electron chi connectivity index (χ2n) is 6.56. The van der Waals surface area contributed by atoms with E-state index in [1.54, 1.807) is 19.1 Å². The number of esters is 1. The Kier molecular flexibility index (Phi) is 6.71. The van der Waals surface area contributed by atoms with Gasteiger partial charge in [-0.15, -0.1) is 11.3 Å². The van der Waals surface area contributed by atoms with Gasteiger partial charge in [-0.1, -0.05) is 17.7 Å². The topological polar surface area (TPSA) is 59.5 Å².